The summed E-state index contributed by atoms with van der Waals surface area (Å²) in [5, 5.41) is 18.6. The molecule has 2 N–H and O–H groups in total. The molecule has 0 radical (unpaired) electrons. The highest BCUT2D eigenvalue weighted by Gasteiger charge is 2.43. The minimum absolute atomic E-state index is 0.0114. The van der Waals surface area contributed by atoms with E-state index in [1.54, 1.807) is 12.1 Å². The van der Waals surface area contributed by atoms with E-state index in [0.29, 0.717) is 30.6 Å². The first-order chi connectivity index (χ1) is 12.1. The highest BCUT2D eigenvalue weighted by Crippen LogP contribution is 2.39. The first kappa shape index (κ1) is 16.3. The Hall–Kier alpha value is -2.21. The van der Waals surface area contributed by atoms with E-state index in [9.17, 15) is 14.7 Å². The molecule has 1 amide bonds. The van der Waals surface area contributed by atoms with Gasteiger partial charge in [-0.2, -0.15) is 5.10 Å². The lowest BCUT2D eigenvalue weighted by atomic mass is 9.71. The first-order valence-corrected chi connectivity index (χ1v) is 9.03. The molecule has 1 saturated carbocycles. The number of fused-ring (bicyclic) bond motifs is 2. The molecule has 1 saturated heterocycles. The SMILES string of the molecule is O=C(Cc1n[nH]c(=O)c2ccccc12)N1CC[C@@]2(O)CCCC[C@H]2C1. The van der Waals surface area contributed by atoms with Gasteiger partial charge in [0.15, 0.2) is 0 Å². The minimum Gasteiger partial charge on any atom is -0.389 e. The molecule has 0 bridgehead atoms. The van der Waals surface area contributed by atoms with Crippen LogP contribution in [0.1, 0.15) is 37.8 Å². The third-order valence-electron chi connectivity index (χ3n) is 5.87. The highest BCUT2D eigenvalue weighted by molar-refractivity contribution is 5.88. The second-order valence-electron chi connectivity index (χ2n) is 7.36. The van der Waals surface area contributed by atoms with E-state index in [0.717, 1.165) is 31.1 Å². The van der Waals surface area contributed by atoms with Crippen molar-refractivity contribution in [3.05, 3.63) is 40.3 Å². The van der Waals surface area contributed by atoms with Crippen LogP contribution in [0.15, 0.2) is 29.1 Å². The van der Waals surface area contributed by atoms with Gasteiger partial charge >= 0.3 is 0 Å². The van der Waals surface area contributed by atoms with Crippen LogP contribution >= 0.6 is 0 Å². The van der Waals surface area contributed by atoms with Crippen LogP contribution in [0.5, 0.6) is 0 Å². The Labute approximate surface area is 145 Å². The van der Waals surface area contributed by atoms with Crippen LogP contribution in [-0.2, 0) is 11.2 Å². The molecule has 1 aliphatic carbocycles. The number of carbonyl (C=O) groups is 1. The van der Waals surface area contributed by atoms with E-state index in [1.807, 2.05) is 17.0 Å². The number of rotatable bonds is 2. The third kappa shape index (κ3) is 2.95. The maximum atomic E-state index is 12.8. The van der Waals surface area contributed by atoms with Gasteiger partial charge in [-0.15, -0.1) is 0 Å². The zero-order valence-electron chi connectivity index (χ0n) is 14.2. The zero-order chi connectivity index (χ0) is 17.4. The van der Waals surface area contributed by atoms with E-state index in [1.165, 1.54) is 0 Å². The number of piperidine rings is 1. The van der Waals surface area contributed by atoms with Gasteiger partial charge in [-0.3, -0.25) is 9.59 Å². The summed E-state index contributed by atoms with van der Waals surface area (Å²) in [6, 6.07) is 7.22. The molecule has 1 aliphatic heterocycles. The molecule has 1 aromatic carbocycles. The molecule has 1 aromatic heterocycles. The lowest BCUT2D eigenvalue weighted by molar-refractivity contribution is -0.142. The monoisotopic (exact) mass is 341 g/mol. The molecule has 6 heteroatoms. The number of likely N-dealkylation sites (tertiary alicyclic amines) is 1. The summed E-state index contributed by atoms with van der Waals surface area (Å²) in [5.41, 5.74) is -0.223. The Morgan fingerprint density at radius 2 is 2.08 bits per heavy atom. The molecule has 2 fully saturated rings. The molecule has 132 valence electrons. The molecule has 6 nitrogen and oxygen atoms in total. The van der Waals surface area contributed by atoms with Crippen molar-refractivity contribution in [3.63, 3.8) is 0 Å². The van der Waals surface area contributed by atoms with Gasteiger partial charge in [-0.05, 0) is 25.3 Å². The number of aliphatic hydroxyl groups is 1. The van der Waals surface area contributed by atoms with Gasteiger partial charge in [-0.25, -0.2) is 5.10 Å². The Kier molecular flexibility index (Phi) is 4.07. The highest BCUT2D eigenvalue weighted by atomic mass is 16.3. The average Bonchev–Trinajstić information content (AvgIpc) is 2.63. The largest absolute Gasteiger partial charge is 0.389 e. The smallest absolute Gasteiger partial charge is 0.272 e. The van der Waals surface area contributed by atoms with Gasteiger partial charge < -0.3 is 10.0 Å². The summed E-state index contributed by atoms with van der Waals surface area (Å²) in [5.74, 6) is 0.191. The van der Waals surface area contributed by atoms with E-state index >= 15 is 0 Å². The van der Waals surface area contributed by atoms with Crippen molar-refractivity contribution < 1.29 is 9.90 Å². The first-order valence-electron chi connectivity index (χ1n) is 9.03. The maximum Gasteiger partial charge on any atom is 0.272 e. The zero-order valence-corrected chi connectivity index (χ0v) is 14.2. The number of aromatic amines is 1. The van der Waals surface area contributed by atoms with Crippen molar-refractivity contribution >= 4 is 16.7 Å². The van der Waals surface area contributed by atoms with Crippen molar-refractivity contribution in [2.75, 3.05) is 13.1 Å². The number of benzene rings is 1. The Morgan fingerprint density at radius 3 is 2.92 bits per heavy atom. The summed E-state index contributed by atoms with van der Waals surface area (Å²) < 4.78 is 0. The van der Waals surface area contributed by atoms with Crippen LogP contribution in [0.2, 0.25) is 0 Å². The lowest BCUT2D eigenvalue weighted by Gasteiger charge is -2.47. The quantitative estimate of drug-likeness (QED) is 0.869. The number of amides is 1. The lowest BCUT2D eigenvalue weighted by Crippen LogP contribution is -2.54. The molecule has 0 spiro atoms. The second kappa shape index (κ2) is 6.26. The number of hydrogen-bond donors (Lipinski definition) is 2. The maximum absolute atomic E-state index is 12.8. The van der Waals surface area contributed by atoms with Crippen LogP contribution in [-0.4, -0.2) is 44.8 Å². The fraction of sp³-hybridized carbons (Fsp3) is 0.526. The van der Waals surface area contributed by atoms with Crippen molar-refractivity contribution in [1.29, 1.82) is 0 Å². The average molecular weight is 341 g/mol. The molecular weight excluding hydrogens is 318 g/mol. The second-order valence-corrected chi connectivity index (χ2v) is 7.36. The van der Waals surface area contributed by atoms with E-state index < -0.39 is 5.60 Å². The van der Waals surface area contributed by atoms with Crippen molar-refractivity contribution in [1.82, 2.24) is 15.1 Å². The van der Waals surface area contributed by atoms with Crippen molar-refractivity contribution in [2.45, 2.75) is 44.1 Å². The van der Waals surface area contributed by atoms with Gasteiger partial charge in [0.2, 0.25) is 5.91 Å². The van der Waals surface area contributed by atoms with E-state index in [4.69, 9.17) is 0 Å². The van der Waals surface area contributed by atoms with Crippen molar-refractivity contribution in [2.24, 2.45) is 5.92 Å². The van der Waals surface area contributed by atoms with Crippen LogP contribution in [0, 0.1) is 5.92 Å². The van der Waals surface area contributed by atoms with Crippen LogP contribution in [0.3, 0.4) is 0 Å². The summed E-state index contributed by atoms with van der Waals surface area (Å²) in [7, 11) is 0. The van der Waals surface area contributed by atoms with Crippen molar-refractivity contribution in [3.8, 4) is 0 Å². The fourth-order valence-electron chi connectivity index (χ4n) is 4.36. The number of nitrogens with one attached hydrogen (secondary N) is 1. The summed E-state index contributed by atoms with van der Waals surface area (Å²) in [6.07, 6.45) is 4.87. The molecule has 2 aliphatic rings. The van der Waals surface area contributed by atoms with Crippen LogP contribution in [0.4, 0.5) is 0 Å². The summed E-state index contributed by atoms with van der Waals surface area (Å²) in [6.45, 7) is 1.21. The Bertz CT molecular complexity index is 862. The fourth-order valence-corrected chi connectivity index (χ4v) is 4.36. The number of carbonyl (C=O) groups excluding carboxylic acids is 1. The number of aromatic nitrogens is 2. The number of H-pyrrole nitrogens is 1. The standard InChI is InChI=1S/C19H23N3O3/c23-17(22-10-9-19(25)8-4-3-5-13(19)12-22)11-16-14-6-1-2-7-15(14)18(24)21-20-16/h1-2,6-7,13,25H,3-5,8-12H2,(H,21,24)/t13-,19-/m0/s1. The summed E-state index contributed by atoms with van der Waals surface area (Å²) >= 11 is 0. The van der Waals surface area contributed by atoms with E-state index in [-0.39, 0.29) is 23.8 Å². The third-order valence-corrected chi connectivity index (χ3v) is 5.87. The van der Waals surface area contributed by atoms with Gasteiger partial charge in [0.05, 0.1) is 23.1 Å². The molecule has 4 rings (SSSR count). The summed E-state index contributed by atoms with van der Waals surface area (Å²) in [4.78, 5) is 26.5. The molecule has 25 heavy (non-hydrogen) atoms. The normalized spacial score (nSPS) is 26.4. The topological polar surface area (TPSA) is 86.3 Å². The van der Waals surface area contributed by atoms with Gasteiger partial charge in [0.1, 0.15) is 0 Å². The van der Waals surface area contributed by atoms with Gasteiger partial charge in [0.25, 0.3) is 5.56 Å². The molecule has 0 unspecified atom stereocenters. The molecular formula is C19H23N3O3. The Balaban J connectivity index is 1.53. The van der Waals surface area contributed by atoms with Crippen LogP contribution < -0.4 is 5.56 Å². The van der Waals surface area contributed by atoms with Crippen LogP contribution in [0.25, 0.3) is 10.8 Å². The number of hydrogen-bond acceptors (Lipinski definition) is 4. The van der Waals surface area contributed by atoms with Gasteiger partial charge in [-0.1, -0.05) is 31.0 Å². The molecule has 2 heterocycles. The molecule has 2 atom stereocenters. The Morgan fingerprint density at radius 1 is 1.28 bits per heavy atom. The molecule has 2 aromatic rings. The minimum atomic E-state index is -0.585. The van der Waals surface area contributed by atoms with E-state index in [2.05, 4.69) is 10.2 Å². The van der Waals surface area contributed by atoms with Gasteiger partial charge in [0, 0.05) is 24.4 Å². The predicted molar refractivity (Wildman–Crippen MR) is 94.2 cm³/mol. The number of nitrogens with zero attached hydrogens (tertiary/aromatic N) is 2. The predicted octanol–water partition coefficient (Wildman–Crippen LogP) is 1.62.